The number of hydrogen-bond acceptors (Lipinski definition) is 3. The third-order valence-electron chi connectivity index (χ3n) is 7.86. The van der Waals surface area contributed by atoms with Crippen molar-refractivity contribution in [2.75, 3.05) is 20.6 Å². The van der Waals surface area contributed by atoms with Gasteiger partial charge in [-0.25, -0.2) is 0 Å². The molecule has 0 aliphatic carbocycles. The molecule has 0 saturated heterocycles. The summed E-state index contributed by atoms with van der Waals surface area (Å²) < 4.78 is 5.97. The zero-order chi connectivity index (χ0) is 29.4. The molecule has 0 aromatic rings. The second-order valence-electron chi connectivity index (χ2n) is 12.4. The van der Waals surface area contributed by atoms with Gasteiger partial charge in [-0.3, -0.25) is 4.79 Å². The minimum atomic E-state index is 0.0114. The molecule has 0 bridgehead atoms. The molecule has 0 saturated carbocycles. The number of esters is 1. The summed E-state index contributed by atoms with van der Waals surface area (Å²) in [6.07, 6.45) is 41.8. The zero-order valence-electron chi connectivity index (χ0n) is 27.7. The molecule has 3 heteroatoms. The number of carbonyl (C=O) groups excluding carboxylic acids is 1. The fraction of sp³-hybridized carbons (Fsp3) is 0.865. The molecule has 0 spiro atoms. The van der Waals surface area contributed by atoms with Gasteiger partial charge in [0.15, 0.2) is 0 Å². The number of carbonyl (C=O) groups is 1. The van der Waals surface area contributed by atoms with Crippen LogP contribution in [0.15, 0.2) is 24.3 Å². The molecule has 0 N–H and O–H groups in total. The molecule has 3 nitrogen and oxygen atoms in total. The maximum Gasteiger partial charge on any atom is 0.306 e. The number of hydrogen-bond donors (Lipinski definition) is 0. The van der Waals surface area contributed by atoms with Gasteiger partial charge >= 0.3 is 5.97 Å². The largest absolute Gasteiger partial charge is 0.462 e. The Morgan fingerprint density at radius 1 is 0.550 bits per heavy atom. The molecule has 0 heterocycles. The summed E-state index contributed by atoms with van der Waals surface area (Å²) in [6, 6.07) is 0. The number of unbranched alkanes of at least 4 members (excludes halogenated alkanes) is 18. The number of allylic oxidation sites excluding steroid dienone is 4. The van der Waals surface area contributed by atoms with Crippen molar-refractivity contribution in [3.8, 4) is 0 Å². The van der Waals surface area contributed by atoms with E-state index in [4.69, 9.17) is 4.74 Å². The molecular weight excluding hydrogens is 490 g/mol. The Kier molecular flexibility index (Phi) is 31.5. The van der Waals surface area contributed by atoms with Gasteiger partial charge in [0.05, 0.1) is 0 Å². The van der Waals surface area contributed by atoms with Crippen molar-refractivity contribution in [3.63, 3.8) is 0 Å². The van der Waals surface area contributed by atoms with Crippen LogP contribution in [-0.2, 0) is 9.53 Å². The molecule has 0 aliphatic rings. The Balaban J connectivity index is 4.00. The Morgan fingerprint density at radius 3 is 1.32 bits per heavy atom. The van der Waals surface area contributed by atoms with Gasteiger partial charge in [-0.2, -0.15) is 0 Å². The van der Waals surface area contributed by atoms with E-state index in [1.54, 1.807) is 0 Å². The number of rotatable bonds is 31. The first-order valence-electron chi connectivity index (χ1n) is 17.7. The lowest BCUT2D eigenvalue weighted by Gasteiger charge is -2.18. The van der Waals surface area contributed by atoms with Crippen LogP contribution < -0.4 is 0 Å². The average molecular weight is 562 g/mol. The smallest absolute Gasteiger partial charge is 0.306 e. The highest BCUT2D eigenvalue weighted by Crippen LogP contribution is 2.18. The highest BCUT2D eigenvalue weighted by atomic mass is 16.5. The number of nitrogens with zero attached hydrogens (tertiary/aromatic N) is 1. The molecule has 236 valence electrons. The predicted octanol–water partition coefficient (Wildman–Crippen LogP) is 11.8. The van der Waals surface area contributed by atoms with Crippen molar-refractivity contribution in [1.29, 1.82) is 0 Å². The van der Waals surface area contributed by atoms with Crippen LogP contribution >= 0.6 is 0 Å². The van der Waals surface area contributed by atoms with Gasteiger partial charge < -0.3 is 9.64 Å². The van der Waals surface area contributed by atoms with Crippen LogP contribution in [0.3, 0.4) is 0 Å². The molecule has 0 rings (SSSR count). The Labute approximate surface area is 252 Å². The summed E-state index contributed by atoms with van der Waals surface area (Å²) in [7, 11) is 4.12. The highest BCUT2D eigenvalue weighted by molar-refractivity contribution is 5.69. The van der Waals surface area contributed by atoms with Crippen LogP contribution in [-0.4, -0.2) is 37.6 Å². The van der Waals surface area contributed by atoms with Gasteiger partial charge in [0.1, 0.15) is 6.10 Å². The van der Waals surface area contributed by atoms with E-state index in [0.717, 1.165) is 25.8 Å². The average Bonchev–Trinajstić information content (AvgIpc) is 2.93. The Hall–Kier alpha value is -1.09. The minimum absolute atomic E-state index is 0.0114. The standard InChI is InChI=1S/C37H71NO2/c1-5-7-9-11-13-15-17-19-21-23-25-27-29-32-36(40-37(39)34-31-35-38(3)4)33-30-28-26-24-22-20-18-16-14-12-10-8-6-2/h13-16,36H,5-12,17-35H2,1-4H3/b15-13-,16-14-. The molecule has 0 amide bonds. The van der Waals surface area contributed by atoms with E-state index in [9.17, 15) is 4.79 Å². The zero-order valence-corrected chi connectivity index (χ0v) is 27.7. The first-order valence-corrected chi connectivity index (χ1v) is 17.7. The van der Waals surface area contributed by atoms with Crippen molar-refractivity contribution in [2.45, 2.75) is 187 Å². The fourth-order valence-corrected chi connectivity index (χ4v) is 5.23. The molecule has 40 heavy (non-hydrogen) atoms. The van der Waals surface area contributed by atoms with Crippen LogP contribution in [0.2, 0.25) is 0 Å². The Morgan fingerprint density at radius 2 is 0.925 bits per heavy atom. The fourth-order valence-electron chi connectivity index (χ4n) is 5.23. The third-order valence-corrected chi connectivity index (χ3v) is 7.86. The first kappa shape index (κ1) is 38.9. The van der Waals surface area contributed by atoms with E-state index in [1.807, 2.05) is 0 Å². The summed E-state index contributed by atoms with van der Waals surface area (Å²) in [5.74, 6) is 0.0114. The maximum atomic E-state index is 12.5. The van der Waals surface area contributed by atoms with Gasteiger partial charge in [-0.05, 0) is 104 Å². The van der Waals surface area contributed by atoms with E-state index in [2.05, 4.69) is 57.1 Å². The molecule has 0 radical (unpaired) electrons. The maximum absolute atomic E-state index is 12.5. The molecule has 0 aromatic carbocycles. The van der Waals surface area contributed by atoms with Crippen molar-refractivity contribution < 1.29 is 9.53 Å². The summed E-state index contributed by atoms with van der Waals surface area (Å²) in [5.41, 5.74) is 0. The van der Waals surface area contributed by atoms with E-state index < -0.39 is 0 Å². The Bertz CT molecular complexity index is 533. The quantitative estimate of drug-likeness (QED) is 0.0479. The van der Waals surface area contributed by atoms with Crippen LogP contribution in [0, 0.1) is 0 Å². The first-order chi connectivity index (χ1) is 19.6. The minimum Gasteiger partial charge on any atom is -0.462 e. The molecule has 0 unspecified atom stereocenters. The molecule has 0 aliphatic heterocycles. The lowest BCUT2D eigenvalue weighted by Crippen LogP contribution is -2.20. The van der Waals surface area contributed by atoms with Crippen LogP contribution in [0.5, 0.6) is 0 Å². The third kappa shape index (κ3) is 31.4. The normalized spacial score (nSPS) is 12.1. The van der Waals surface area contributed by atoms with Gasteiger partial charge in [0.2, 0.25) is 0 Å². The monoisotopic (exact) mass is 562 g/mol. The predicted molar refractivity (Wildman–Crippen MR) is 178 cm³/mol. The molecule has 0 fully saturated rings. The lowest BCUT2D eigenvalue weighted by molar-refractivity contribution is -0.150. The summed E-state index contributed by atoms with van der Waals surface area (Å²) in [4.78, 5) is 14.6. The van der Waals surface area contributed by atoms with Gasteiger partial charge in [-0.1, -0.05) is 115 Å². The van der Waals surface area contributed by atoms with Gasteiger partial charge in [0, 0.05) is 6.42 Å². The van der Waals surface area contributed by atoms with E-state index in [-0.39, 0.29) is 12.1 Å². The summed E-state index contributed by atoms with van der Waals surface area (Å²) >= 11 is 0. The van der Waals surface area contributed by atoms with E-state index in [1.165, 1.54) is 141 Å². The van der Waals surface area contributed by atoms with Crippen molar-refractivity contribution in [1.82, 2.24) is 4.90 Å². The SMILES string of the molecule is CCCCC/C=C\CCCCCCCCC(CCCCCCCC/C=C\CCCCC)OC(=O)CCCN(C)C. The van der Waals surface area contributed by atoms with E-state index >= 15 is 0 Å². The molecular formula is C37H71NO2. The van der Waals surface area contributed by atoms with Crippen molar-refractivity contribution in [3.05, 3.63) is 24.3 Å². The highest BCUT2D eigenvalue weighted by Gasteiger charge is 2.14. The second-order valence-corrected chi connectivity index (χ2v) is 12.4. The van der Waals surface area contributed by atoms with E-state index in [0.29, 0.717) is 6.42 Å². The van der Waals surface area contributed by atoms with Crippen LogP contribution in [0.25, 0.3) is 0 Å². The van der Waals surface area contributed by atoms with Gasteiger partial charge in [-0.15, -0.1) is 0 Å². The summed E-state index contributed by atoms with van der Waals surface area (Å²) in [6.45, 7) is 5.48. The lowest BCUT2D eigenvalue weighted by atomic mass is 10.0. The van der Waals surface area contributed by atoms with Crippen LogP contribution in [0.4, 0.5) is 0 Å². The second kappa shape index (κ2) is 32.4. The van der Waals surface area contributed by atoms with Gasteiger partial charge in [0.25, 0.3) is 0 Å². The molecule has 0 aromatic heterocycles. The van der Waals surface area contributed by atoms with Crippen molar-refractivity contribution >= 4 is 5.97 Å². The number of ether oxygens (including phenoxy) is 1. The summed E-state index contributed by atoms with van der Waals surface area (Å²) in [5, 5.41) is 0. The van der Waals surface area contributed by atoms with Crippen LogP contribution in [0.1, 0.15) is 181 Å². The van der Waals surface area contributed by atoms with Crippen molar-refractivity contribution in [2.24, 2.45) is 0 Å². The molecule has 0 atom stereocenters. The topological polar surface area (TPSA) is 29.5 Å².